The van der Waals surface area contributed by atoms with Crippen LogP contribution in [-0.4, -0.2) is 46.7 Å². The first-order valence-electron chi connectivity index (χ1n) is 6.52. The normalized spacial score (nSPS) is 16.0. The van der Waals surface area contributed by atoms with Crippen molar-refractivity contribution in [1.82, 2.24) is 19.8 Å². The molecule has 1 saturated heterocycles. The standard InChI is InChI=1S/C12H18F3N5.HI/c1-16-11(19-5-2-3-6-19)18-8-10-17-4-7-20(10)9-12(13,14)15;/h4,7H,2-3,5-6,8-9H2,1H3,(H,16,18);1H. The minimum atomic E-state index is -4.24. The predicted octanol–water partition coefficient (Wildman–Crippen LogP) is 2.23. The lowest BCUT2D eigenvalue weighted by molar-refractivity contribution is -0.141. The summed E-state index contributed by atoms with van der Waals surface area (Å²) in [6, 6.07) is 0. The molecule has 0 aromatic carbocycles. The van der Waals surface area contributed by atoms with Gasteiger partial charge in [-0.1, -0.05) is 0 Å². The van der Waals surface area contributed by atoms with E-state index in [9.17, 15) is 13.2 Å². The number of hydrogen-bond donors (Lipinski definition) is 1. The minimum absolute atomic E-state index is 0. The molecular weight excluding hydrogens is 398 g/mol. The maximum absolute atomic E-state index is 12.4. The largest absolute Gasteiger partial charge is 0.406 e. The van der Waals surface area contributed by atoms with E-state index in [0.29, 0.717) is 11.8 Å². The molecule has 0 atom stereocenters. The molecule has 0 saturated carbocycles. The molecule has 120 valence electrons. The number of aliphatic imine (C=N–C) groups is 1. The Morgan fingerprint density at radius 2 is 2.05 bits per heavy atom. The van der Waals surface area contributed by atoms with Gasteiger partial charge >= 0.3 is 6.18 Å². The summed E-state index contributed by atoms with van der Waals surface area (Å²) in [6.45, 7) is 1.06. The monoisotopic (exact) mass is 417 g/mol. The molecular formula is C12H19F3IN5. The highest BCUT2D eigenvalue weighted by Crippen LogP contribution is 2.18. The van der Waals surface area contributed by atoms with Crippen LogP contribution in [0.2, 0.25) is 0 Å². The van der Waals surface area contributed by atoms with Gasteiger partial charge in [-0.3, -0.25) is 4.99 Å². The maximum Gasteiger partial charge on any atom is 0.406 e. The van der Waals surface area contributed by atoms with Crippen LogP contribution in [0, 0.1) is 0 Å². The van der Waals surface area contributed by atoms with Gasteiger partial charge < -0.3 is 14.8 Å². The van der Waals surface area contributed by atoms with Crippen molar-refractivity contribution in [2.75, 3.05) is 20.1 Å². The van der Waals surface area contributed by atoms with Gasteiger partial charge in [-0.25, -0.2) is 4.98 Å². The Kier molecular flexibility index (Phi) is 6.75. The Balaban J connectivity index is 0.00000220. The molecule has 2 rings (SSSR count). The van der Waals surface area contributed by atoms with Gasteiger partial charge in [-0.05, 0) is 12.8 Å². The zero-order chi connectivity index (χ0) is 14.6. The first kappa shape index (κ1) is 18.1. The van der Waals surface area contributed by atoms with Crippen molar-refractivity contribution in [3.63, 3.8) is 0 Å². The van der Waals surface area contributed by atoms with Gasteiger partial charge in [-0.15, -0.1) is 24.0 Å². The van der Waals surface area contributed by atoms with Crippen molar-refractivity contribution in [2.24, 2.45) is 4.99 Å². The number of imidazole rings is 1. The Labute approximate surface area is 138 Å². The summed E-state index contributed by atoms with van der Waals surface area (Å²) in [5.41, 5.74) is 0. The van der Waals surface area contributed by atoms with Gasteiger partial charge in [0.1, 0.15) is 12.4 Å². The zero-order valence-corrected chi connectivity index (χ0v) is 14.1. The molecule has 0 bridgehead atoms. The summed E-state index contributed by atoms with van der Waals surface area (Å²) in [7, 11) is 1.67. The second kappa shape index (κ2) is 7.85. The fourth-order valence-electron chi connectivity index (χ4n) is 2.26. The fraction of sp³-hybridized carbons (Fsp3) is 0.667. The van der Waals surface area contributed by atoms with Crippen molar-refractivity contribution >= 4 is 29.9 Å². The van der Waals surface area contributed by atoms with E-state index in [0.717, 1.165) is 30.5 Å². The first-order valence-corrected chi connectivity index (χ1v) is 6.52. The van der Waals surface area contributed by atoms with Crippen molar-refractivity contribution in [2.45, 2.75) is 32.1 Å². The van der Waals surface area contributed by atoms with Crippen molar-refractivity contribution in [3.8, 4) is 0 Å². The highest BCUT2D eigenvalue weighted by atomic mass is 127. The highest BCUT2D eigenvalue weighted by molar-refractivity contribution is 14.0. The lowest BCUT2D eigenvalue weighted by Crippen LogP contribution is -2.39. The highest BCUT2D eigenvalue weighted by Gasteiger charge is 2.28. The van der Waals surface area contributed by atoms with Crippen LogP contribution < -0.4 is 5.32 Å². The van der Waals surface area contributed by atoms with E-state index in [1.165, 1.54) is 12.4 Å². The smallest absolute Gasteiger partial charge is 0.349 e. The number of nitrogens with zero attached hydrogens (tertiary/aromatic N) is 4. The van der Waals surface area contributed by atoms with E-state index in [2.05, 4.69) is 20.2 Å². The summed E-state index contributed by atoms with van der Waals surface area (Å²) in [6.07, 6.45) is 0.698. The Morgan fingerprint density at radius 1 is 1.38 bits per heavy atom. The van der Waals surface area contributed by atoms with E-state index in [-0.39, 0.29) is 30.5 Å². The molecule has 1 aliphatic rings. The van der Waals surface area contributed by atoms with E-state index in [4.69, 9.17) is 0 Å². The van der Waals surface area contributed by atoms with Gasteiger partial charge in [0.05, 0.1) is 6.54 Å². The number of alkyl halides is 3. The molecule has 0 radical (unpaired) electrons. The van der Waals surface area contributed by atoms with Crippen LogP contribution in [0.3, 0.4) is 0 Å². The molecule has 1 N–H and O–H groups in total. The summed E-state index contributed by atoms with van der Waals surface area (Å²) >= 11 is 0. The van der Waals surface area contributed by atoms with Crippen LogP contribution in [0.1, 0.15) is 18.7 Å². The van der Waals surface area contributed by atoms with Gasteiger partial charge in [0.2, 0.25) is 0 Å². The van der Waals surface area contributed by atoms with Crippen LogP contribution in [0.15, 0.2) is 17.4 Å². The number of rotatable bonds is 3. The van der Waals surface area contributed by atoms with Crippen molar-refractivity contribution in [1.29, 1.82) is 0 Å². The zero-order valence-electron chi connectivity index (χ0n) is 11.7. The van der Waals surface area contributed by atoms with Gasteiger partial charge in [0.15, 0.2) is 5.96 Å². The molecule has 5 nitrogen and oxygen atoms in total. The van der Waals surface area contributed by atoms with Crippen LogP contribution in [0.5, 0.6) is 0 Å². The summed E-state index contributed by atoms with van der Waals surface area (Å²) in [4.78, 5) is 10.2. The molecule has 2 heterocycles. The third kappa shape index (κ3) is 5.36. The molecule has 9 heteroatoms. The number of guanidine groups is 1. The molecule has 1 fully saturated rings. The quantitative estimate of drug-likeness (QED) is 0.466. The first-order chi connectivity index (χ1) is 9.49. The number of likely N-dealkylation sites (tertiary alicyclic amines) is 1. The average Bonchev–Trinajstić information content (AvgIpc) is 3.00. The molecule has 21 heavy (non-hydrogen) atoms. The number of nitrogens with one attached hydrogen (secondary N) is 1. The third-order valence-electron chi connectivity index (χ3n) is 3.17. The lowest BCUT2D eigenvalue weighted by atomic mass is 10.4. The second-order valence-corrected chi connectivity index (χ2v) is 4.68. The van der Waals surface area contributed by atoms with E-state index in [1.807, 2.05) is 0 Å². The SMILES string of the molecule is CN=C(NCc1nccn1CC(F)(F)F)N1CCCC1.I. The fourth-order valence-corrected chi connectivity index (χ4v) is 2.26. The van der Waals surface area contributed by atoms with Crippen LogP contribution >= 0.6 is 24.0 Å². The molecule has 0 unspecified atom stereocenters. The average molecular weight is 417 g/mol. The summed E-state index contributed by atoms with van der Waals surface area (Å²) < 4.78 is 38.3. The van der Waals surface area contributed by atoms with Crippen LogP contribution in [-0.2, 0) is 13.1 Å². The van der Waals surface area contributed by atoms with Gasteiger partial charge in [0.25, 0.3) is 0 Å². The number of aromatic nitrogens is 2. The van der Waals surface area contributed by atoms with Crippen molar-refractivity contribution in [3.05, 3.63) is 18.2 Å². The molecule has 0 amide bonds. The van der Waals surface area contributed by atoms with E-state index < -0.39 is 12.7 Å². The second-order valence-electron chi connectivity index (χ2n) is 4.68. The predicted molar refractivity (Wildman–Crippen MR) is 84.7 cm³/mol. The molecule has 0 spiro atoms. The molecule has 1 aromatic heterocycles. The van der Waals surface area contributed by atoms with Crippen LogP contribution in [0.25, 0.3) is 0 Å². The number of hydrogen-bond acceptors (Lipinski definition) is 2. The Hall–Kier alpha value is -1.00. The summed E-state index contributed by atoms with van der Waals surface area (Å²) in [5.74, 6) is 1.06. The maximum atomic E-state index is 12.4. The Bertz CT molecular complexity index is 466. The van der Waals surface area contributed by atoms with Gasteiger partial charge in [0, 0.05) is 32.5 Å². The van der Waals surface area contributed by atoms with E-state index in [1.54, 1.807) is 7.05 Å². The Morgan fingerprint density at radius 3 is 2.62 bits per heavy atom. The summed E-state index contributed by atoms with van der Waals surface area (Å²) in [5, 5.41) is 3.07. The topological polar surface area (TPSA) is 45.5 Å². The third-order valence-corrected chi connectivity index (χ3v) is 3.17. The molecule has 1 aromatic rings. The molecule has 1 aliphatic heterocycles. The minimum Gasteiger partial charge on any atom is -0.349 e. The molecule has 0 aliphatic carbocycles. The van der Waals surface area contributed by atoms with Gasteiger partial charge in [-0.2, -0.15) is 13.2 Å². The van der Waals surface area contributed by atoms with Crippen LogP contribution in [0.4, 0.5) is 13.2 Å². The van der Waals surface area contributed by atoms with E-state index >= 15 is 0 Å². The number of halogens is 4. The van der Waals surface area contributed by atoms with Crippen molar-refractivity contribution < 1.29 is 13.2 Å². The lowest BCUT2D eigenvalue weighted by Gasteiger charge is -2.21.